The molecule has 4 aliphatic rings. The number of hydrogen-bond acceptors (Lipinski definition) is 5. The maximum Gasteiger partial charge on any atom is 0.244 e. The number of fused-ring (bicyclic) bond motifs is 1. The van der Waals surface area contributed by atoms with E-state index in [2.05, 4.69) is 10.00 Å². The predicted molar refractivity (Wildman–Crippen MR) is 124 cm³/mol. The van der Waals surface area contributed by atoms with Crippen LogP contribution in [-0.2, 0) is 23.2 Å². The van der Waals surface area contributed by atoms with E-state index in [1.54, 1.807) is 10.7 Å². The van der Waals surface area contributed by atoms with Gasteiger partial charge < -0.3 is 15.1 Å². The third kappa shape index (κ3) is 3.39. The van der Waals surface area contributed by atoms with Gasteiger partial charge in [-0.25, -0.2) is 0 Å². The fourth-order valence-electron chi connectivity index (χ4n) is 6.90. The van der Waals surface area contributed by atoms with Crippen LogP contribution in [0.1, 0.15) is 48.9 Å². The van der Waals surface area contributed by atoms with E-state index in [1.807, 2.05) is 36.2 Å². The Morgan fingerprint density at radius 3 is 2.70 bits per heavy atom. The number of nitrogens with zero attached hydrogens (tertiary/aromatic N) is 4. The molecule has 2 N–H and O–H groups in total. The lowest BCUT2D eigenvalue weighted by atomic mass is 9.52. The number of aromatic hydroxyl groups is 1. The number of benzene rings is 1. The molecule has 7 heteroatoms. The highest BCUT2D eigenvalue weighted by molar-refractivity contribution is 5.76. The molecule has 3 heterocycles. The van der Waals surface area contributed by atoms with Crippen molar-refractivity contribution in [3.05, 3.63) is 47.3 Å². The van der Waals surface area contributed by atoms with Gasteiger partial charge in [-0.05, 0) is 87.2 Å². The first kappa shape index (κ1) is 21.2. The summed E-state index contributed by atoms with van der Waals surface area (Å²) in [5, 5.41) is 27.2. The number of piperidine rings is 1. The summed E-state index contributed by atoms with van der Waals surface area (Å²) in [5.74, 6) is 1.08. The molecule has 3 fully saturated rings. The Morgan fingerprint density at radius 2 is 1.94 bits per heavy atom. The number of phenols is 1. The molecule has 2 aromatic rings. The molecule has 3 atom stereocenters. The number of phenolic OH excluding ortho intramolecular Hbond substituents is 1. The number of likely N-dealkylation sites (tertiary alicyclic amines) is 2. The third-order valence-electron chi connectivity index (χ3n) is 8.85. The predicted octanol–water partition coefficient (Wildman–Crippen LogP) is 2.23. The fourth-order valence-corrected chi connectivity index (χ4v) is 6.90. The Kier molecular flexibility index (Phi) is 4.86. The van der Waals surface area contributed by atoms with Gasteiger partial charge in [-0.2, -0.15) is 5.10 Å². The van der Waals surface area contributed by atoms with E-state index in [0.717, 1.165) is 49.5 Å². The number of aryl methyl sites for hydroxylation is 1. The first-order valence-corrected chi connectivity index (χ1v) is 12.4. The molecule has 0 spiro atoms. The first-order chi connectivity index (χ1) is 15.9. The van der Waals surface area contributed by atoms with Crippen LogP contribution in [0.4, 0.5) is 0 Å². The zero-order valence-electron chi connectivity index (χ0n) is 19.4. The zero-order chi connectivity index (χ0) is 22.8. The van der Waals surface area contributed by atoms with Crippen LogP contribution >= 0.6 is 0 Å². The minimum absolute atomic E-state index is 0.0530. The van der Waals surface area contributed by atoms with Crippen molar-refractivity contribution in [1.29, 1.82) is 0 Å². The Hall–Kier alpha value is -2.38. The lowest BCUT2D eigenvalue weighted by Gasteiger charge is -2.61. The van der Waals surface area contributed by atoms with Crippen molar-refractivity contribution < 1.29 is 15.0 Å². The molecule has 6 rings (SSSR count). The maximum atomic E-state index is 13.2. The minimum atomic E-state index is -0.905. The molecule has 7 nitrogen and oxygen atoms in total. The van der Waals surface area contributed by atoms with Crippen LogP contribution in [0.15, 0.2) is 30.5 Å². The van der Waals surface area contributed by atoms with Crippen molar-refractivity contribution in [3.63, 3.8) is 0 Å². The molecule has 2 bridgehead atoms. The summed E-state index contributed by atoms with van der Waals surface area (Å²) in [6, 6.07) is 7.68. The van der Waals surface area contributed by atoms with Crippen molar-refractivity contribution in [1.82, 2.24) is 19.6 Å². The van der Waals surface area contributed by atoms with Gasteiger partial charge in [0.15, 0.2) is 0 Å². The number of amides is 1. The molecule has 1 saturated carbocycles. The van der Waals surface area contributed by atoms with Crippen molar-refractivity contribution in [2.75, 3.05) is 26.2 Å². The number of hydrogen-bond donors (Lipinski definition) is 2. The van der Waals surface area contributed by atoms with Gasteiger partial charge in [0.2, 0.25) is 5.91 Å². The smallest absolute Gasteiger partial charge is 0.244 e. The molecule has 1 amide bonds. The average molecular weight is 451 g/mol. The van der Waals surface area contributed by atoms with E-state index < -0.39 is 11.0 Å². The van der Waals surface area contributed by atoms with E-state index >= 15 is 0 Å². The van der Waals surface area contributed by atoms with Gasteiger partial charge in [-0.15, -0.1) is 0 Å². The number of rotatable bonds is 4. The van der Waals surface area contributed by atoms with Crippen LogP contribution in [0, 0.1) is 12.8 Å². The Morgan fingerprint density at radius 1 is 1.15 bits per heavy atom. The Bertz CT molecular complexity index is 1080. The molecular weight excluding hydrogens is 416 g/mol. The van der Waals surface area contributed by atoms with Gasteiger partial charge in [0, 0.05) is 37.3 Å². The largest absolute Gasteiger partial charge is 0.508 e. The van der Waals surface area contributed by atoms with Gasteiger partial charge in [0.05, 0.1) is 11.3 Å². The summed E-state index contributed by atoms with van der Waals surface area (Å²) in [5.41, 5.74) is 1.91. The first-order valence-electron chi connectivity index (χ1n) is 12.4. The van der Waals surface area contributed by atoms with Gasteiger partial charge in [0.25, 0.3) is 0 Å². The van der Waals surface area contributed by atoms with Crippen LogP contribution < -0.4 is 0 Å². The monoisotopic (exact) mass is 450 g/mol. The molecule has 0 radical (unpaired) electrons. The summed E-state index contributed by atoms with van der Waals surface area (Å²) < 4.78 is 1.70. The summed E-state index contributed by atoms with van der Waals surface area (Å²) in [6.45, 7) is 5.36. The minimum Gasteiger partial charge on any atom is -0.508 e. The highest BCUT2D eigenvalue weighted by Crippen LogP contribution is 2.56. The fraction of sp³-hybridized carbons (Fsp3) is 0.615. The van der Waals surface area contributed by atoms with Crippen molar-refractivity contribution in [2.45, 2.75) is 69.1 Å². The summed E-state index contributed by atoms with van der Waals surface area (Å²) in [7, 11) is 0. The second kappa shape index (κ2) is 7.57. The molecule has 2 aliphatic carbocycles. The number of aromatic nitrogens is 2. The topological polar surface area (TPSA) is 81.8 Å². The number of carbonyl (C=O) groups is 1. The quantitative estimate of drug-likeness (QED) is 0.747. The van der Waals surface area contributed by atoms with Gasteiger partial charge in [-0.1, -0.05) is 6.07 Å². The summed E-state index contributed by atoms with van der Waals surface area (Å²) in [4.78, 5) is 17.6. The highest BCUT2D eigenvalue weighted by atomic mass is 16.3. The molecule has 0 unspecified atom stereocenters. The molecule has 1 aromatic carbocycles. The van der Waals surface area contributed by atoms with Crippen LogP contribution in [0.25, 0.3) is 0 Å². The lowest BCUT2D eigenvalue weighted by Crippen LogP contribution is -2.71. The van der Waals surface area contributed by atoms with E-state index in [4.69, 9.17) is 0 Å². The van der Waals surface area contributed by atoms with Gasteiger partial charge in [-0.3, -0.25) is 14.4 Å². The molecule has 2 saturated heterocycles. The zero-order valence-corrected chi connectivity index (χ0v) is 19.4. The second-order valence-electron chi connectivity index (χ2n) is 10.8. The summed E-state index contributed by atoms with van der Waals surface area (Å²) >= 11 is 0. The van der Waals surface area contributed by atoms with Gasteiger partial charge >= 0.3 is 0 Å². The van der Waals surface area contributed by atoms with Crippen molar-refractivity contribution >= 4 is 5.91 Å². The van der Waals surface area contributed by atoms with Crippen molar-refractivity contribution in [3.8, 4) is 5.75 Å². The molecule has 1 aromatic heterocycles. The molecule has 2 aliphatic heterocycles. The van der Waals surface area contributed by atoms with Crippen LogP contribution in [0.5, 0.6) is 5.75 Å². The van der Waals surface area contributed by atoms with Gasteiger partial charge in [0.1, 0.15) is 12.3 Å². The average Bonchev–Trinajstić information content (AvgIpc) is 3.53. The molecular formula is C26H34N4O3. The standard InChI is InChI=1S/C26H34N4O3/c1-18-6-10-30(27-18)17-24(32)28-11-7-25-8-12-29(16-19-2-3-19)23(26(25,33)9-13-28)14-20-4-5-21(31)15-22(20)25/h4-6,10,15,19,23,31,33H,2-3,7-9,11-14,16-17H2,1H3/t23-,25+,26-/m1/s1. The van der Waals surface area contributed by atoms with Crippen LogP contribution in [-0.4, -0.2) is 73.5 Å². The Balaban J connectivity index is 1.34. The summed E-state index contributed by atoms with van der Waals surface area (Å²) in [6.07, 6.45) is 7.40. The second-order valence-corrected chi connectivity index (χ2v) is 10.8. The van der Waals surface area contributed by atoms with E-state index in [1.165, 1.54) is 18.4 Å². The lowest BCUT2D eigenvalue weighted by molar-refractivity contribution is -0.149. The van der Waals surface area contributed by atoms with E-state index in [-0.39, 0.29) is 24.2 Å². The maximum absolute atomic E-state index is 13.2. The molecule has 33 heavy (non-hydrogen) atoms. The van der Waals surface area contributed by atoms with Crippen LogP contribution in [0.3, 0.4) is 0 Å². The highest BCUT2D eigenvalue weighted by Gasteiger charge is 2.63. The van der Waals surface area contributed by atoms with E-state index in [0.29, 0.717) is 19.5 Å². The van der Waals surface area contributed by atoms with Crippen molar-refractivity contribution in [2.24, 2.45) is 5.92 Å². The SMILES string of the molecule is Cc1ccn(CC(=O)N2CC[C@]34CCN(CC5CC5)[C@H](Cc5ccc(O)cc53)[C@]4(O)CC2)n1. The Labute approximate surface area is 195 Å². The normalized spacial score (nSPS) is 31.6. The molecule has 176 valence electrons. The number of carbonyl (C=O) groups excluding carboxylic acids is 1. The van der Waals surface area contributed by atoms with E-state index in [9.17, 15) is 15.0 Å². The number of aliphatic hydroxyl groups is 1. The van der Waals surface area contributed by atoms with Crippen LogP contribution in [0.2, 0.25) is 0 Å². The third-order valence-corrected chi connectivity index (χ3v) is 8.85.